The Bertz CT molecular complexity index is 548. The average Bonchev–Trinajstić information content (AvgIpc) is 2.29. The maximum absolute atomic E-state index is 11.8. The monoisotopic (exact) mass is 294 g/mol. The Morgan fingerprint density at radius 2 is 1.11 bits per heavy atom. The first kappa shape index (κ1) is 15.1. The lowest BCUT2D eigenvalue weighted by molar-refractivity contribution is 0.318. The summed E-state index contributed by atoms with van der Waals surface area (Å²) in [4.78, 5) is -0.681. The van der Waals surface area contributed by atoms with E-state index in [1.165, 1.54) is 24.3 Å². The van der Waals surface area contributed by atoms with Gasteiger partial charge in [-0.3, -0.25) is 0 Å². The van der Waals surface area contributed by atoms with Gasteiger partial charge in [-0.2, -0.15) is 0 Å². The van der Waals surface area contributed by atoms with Crippen LogP contribution in [0.1, 0.15) is 0 Å². The molecule has 2 N–H and O–H groups in total. The summed E-state index contributed by atoms with van der Waals surface area (Å²) in [5.41, 5.74) is 0. The van der Waals surface area contributed by atoms with E-state index in [1.54, 1.807) is 0 Å². The van der Waals surface area contributed by atoms with Crippen LogP contribution in [0.3, 0.4) is 0 Å². The van der Waals surface area contributed by atoms with Crippen LogP contribution in [-0.4, -0.2) is 51.8 Å². The second-order valence-electron chi connectivity index (χ2n) is 3.53. The van der Waals surface area contributed by atoms with Gasteiger partial charge in [-0.25, -0.2) is 16.8 Å². The number of sulfone groups is 2. The topological polar surface area (TPSA) is 109 Å². The van der Waals surface area contributed by atoms with Gasteiger partial charge < -0.3 is 10.2 Å². The normalized spacial score (nSPS) is 12.6. The van der Waals surface area contributed by atoms with Crippen molar-refractivity contribution in [3.05, 3.63) is 24.3 Å². The third-order valence-corrected chi connectivity index (χ3v) is 5.86. The lowest BCUT2D eigenvalue weighted by Gasteiger charge is -2.09. The number of hydrogen-bond donors (Lipinski definition) is 2. The van der Waals surface area contributed by atoms with Crippen LogP contribution in [0.15, 0.2) is 34.1 Å². The molecule has 0 fully saturated rings. The van der Waals surface area contributed by atoms with E-state index in [0.717, 1.165) is 0 Å². The van der Waals surface area contributed by atoms with Gasteiger partial charge >= 0.3 is 0 Å². The van der Waals surface area contributed by atoms with Crippen LogP contribution >= 0.6 is 0 Å². The Labute approximate surface area is 106 Å². The molecule has 1 aromatic rings. The van der Waals surface area contributed by atoms with E-state index < -0.39 is 44.4 Å². The average molecular weight is 294 g/mol. The summed E-state index contributed by atoms with van der Waals surface area (Å²) >= 11 is 0. The fourth-order valence-corrected chi connectivity index (χ4v) is 4.43. The minimum Gasteiger partial charge on any atom is -0.395 e. The predicted octanol–water partition coefficient (Wildman–Crippen LogP) is -0.781. The zero-order valence-corrected chi connectivity index (χ0v) is 11.1. The summed E-state index contributed by atoms with van der Waals surface area (Å²) in [7, 11) is -7.71. The molecule has 18 heavy (non-hydrogen) atoms. The van der Waals surface area contributed by atoms with E-state index in [-0.39, 0.29) is 9.79 Å². The van der Waals surface area contributed by atoms with Gasteiger partial charge in [0.05, 0.1) is 34.5 Å². The van der Waals surface area contributed by atoms with E-state index in [2.05, 4.69) is 0 Å². The van der Waals surface area contributed by atoms with Gasteiger partial charge in [-0.15, -0.1) is 0 Å². The molecular weight excluding hydrogens is 280 g/mol. The first-order chi connectivity index (χ1) is 8.35. The molecule has 0 unspecified atom stereocenters. The first-order valence-corrected chi connectivity index (χ1v) is 8.42. The maximum Gasteiger partial charge on any atom is 0.181 e. The molecule has 6 nitrogen and oxygen atoms in total. The van der Waals surface area contributed by atoms with E-state index in [9.17, 15) is 16.8 Å². The van der Waals surface area contributed by atoms with Gasteiger partial charge in [-0.05, 0) is 12.1 Å². The molecule has 102 valence electrons. The Kier molecular flexibility index (Phi) is 4.85. The second kappa shape index (κ2) is 5.79. The smallest absolute Gasteiger partial charge is 0.181 e. The molecule has 0 amide bonds. The lowest BCUT2D eigenvalue weighted by atomic mass is 10.4. The van der Waals surface area contributed by atoms with Crippen LogP contribution in [-0.2, 0) is 19.7 Å². The van der Waals surface area contributed by atoms with Gasteiger partial charge in [0.1, 0.15) is 0 Å². The molecule has 0 saturated carbocycles. The van der Waals surface area contributed by atoms with Gasteiger partial charge in [0.2, 0.25) is 0 Å². The van der Waals surface area contributed by atoms with Crippen LogP contribution in [0.25, 0.3) is 0 Å². The van der Waals surface area contributed by atoms with Crippen molar-refractivity contribution >= 4 is 19.7 Å². The molecule has 0 spiro atoms. The molecule has 0 aromatic heterocycles. The van der Waals surface area contributed by atoms with Crippen LogP contribution < -0.4 is 0 Å². The highest BCUT2D eigenvalue weighted by atomic mass is 32.2. The standard InChI is InChI=1S/C10H14O6S2/c11-5-7-17(13,14)9-3-1-2-4-10(9)18(15,16)8-6-12/h1-4,11-12H,5-8H2. The van der Waals surface area contributed by atoms with Crippen LogP contribution in [0, 0.1) is 0 Å². The summed E-state index contributed by atoms with van der Waals surface area (Å²) in [6, 6.07) is 5.16. The van der Waals surface area contributed by atoms with Crippen molar-refractivity contribution in [2.24, 2.45) is 0 Å². The molecule has 0 saturated heterocycles. The first-order valence-electron chi connectivity index (χ1n) is 5.11. The molecule has 0 bridgehead atoms. The van der Waals surface area contributed by atoms with Crippen molar-refractivity contribution in [2.45, 2.75) is 9.79 Å². The van der Waals surface area contributed by atoms with Gasteiger partial charge in [-0.1, -0.05) is 12.1 Å². The lowest BCUT2D eigenvalue weighted by Crippen LogP contribution is -2.17. The SMILES string of the molecule is O=S(=O)(CCO)c1ccccc1S(=O)(=O)CCO. The Balaban J connectivity index is 3.41. The number of benzene rings is 1. The van der Waals surface area contributed by atoms with Gasteiger partial charge in [0.25, 0.3) is 0 Å². The molecule has 0 aliphatic carbocycles. The van der Waals surface area contributed by atoms with E-state index in [0.29, 0.717) is 0 Å². The molecule has 1 rings (SSSR count). The quantitative estimate of drug-likeness (QED) is 0.712. The predicted molar refractivity (Wildman–Crippen MR) is 64.7 cm³/mol. The molecule has 0 aliphatic rings. The van der Waals surface area contributed by atoms with Gasteiger partial charge in [0.15, 0.2) is 19.7 Å². The molecule has 0 atom stereocenters. The molecule has 8 heteroatoms. The number of rotatable bonds is 6. The second-order valence-corrected chi connectivity index (χ2v) is 7.69. The number of aliphatic hydroxyl groups excluding tert-OH is 2. The summed E-state index contributed by atoms with van der Waals surface area (Å²) in [6.07, 6.45) is 0. The van der Waals surface area contributed by atoms with Crippen LogP contribution in [0.2, 0.25) is 0 Å². The Morgan fingerprint density at radius 3 is 1.39 bits per heavy atom. The fourth-order valence-electron chi connectivity index (χ4n) is 1.42. The number of aliphatic hydroxyl groups is 2. The summed E-state index contributed by atoms with van der Waals surface area (Å²) in [6.45, 7) is -1.17. The third-order valence-electron chi connectivity index (χ3n) is 2.24. The zero-order chi connectivity index (χ0) is 13.8. The van der Waals surface area contributed by atoms with E-state index >= 15 is 0 Å². The minimum absolute atomic E-state index is 0.340. The highest BCUT2D eigenvalue weighted by molar-refractivity contribution is 7.94. The molecular formula is C10H14O6S2. The van der Waals surface area contributed by atoms with Crippen LogP contribution in [0.4, 0.5) is 0 Å². The van der Waals surface area contributed by atoms with Crippen LogP contribution in [0.5, 0.6) is 0 Å². The van der Waals surface area contributed by atoms with Crippen molar-refractivity contribution in [3.63, 3.8) is 0 Å². The summed E-state index contributed by atoms with van der Waals surface area (Å²) < 4.78 is 47.3. The highest BCUT2D eigenvalue weighted by Crippen LogP contribution is 2.22. The third kappa shape index (κ3) is 3.29. The molecule has 0 aliphatic heterocycles. The van der Waals surface area contributed by atoms with Crippen molar-refractivity contribution in [3.8, 4) is 0 Å². The largest absolute Gasteiger partial charge is 0.395 e. The molecule has 0 radical (unpaired) electrons. The van der Waals surface area contributed by atoms with Crippen molar-refractivity contribution in [1.82, 2.24) is 0 Å². The van der Waals surface area contributed by atoms with E-state index in [1.807, 2.05) is 0 Å². The minimum atomic E-state index is -3.85. The number of hydrogen-bond acceptors (Lipinski definition) is 6. The highest BCUT2D eigenvalue weighted by Gasteiger charge is 2.25. The van der Waals surface area contributed by atoms with Crippen molar-refractivity contribution < 1.29 is 27.0 Å². The maximum atomic E-state index is 11.8. The van der Waals surface area contributed by atoms with Crippen molar-refractivity contribution in [2.75, 3.05) is 24.7 Å². The van der Waals surface area contributed by atoms with Crippen molar-refractivity contribution in [1.29, 1.82) is 0 Å². The summed E-state index contributed by atoms with van der Waals surface area (Å²) in [5, 5.41) is 17.4. The Hall–Kier alpha value is -0.960. The fraction of sp³-hybridized carbons (Fsp3) is 0.400. The summed E-state index contributed by atoms with van der Waals surface area (Å²) in [5.74, 6) is -1.09. The zero-order valence-electron chi connectivity index (χ0n) is 9.48. The molecule has 1 aromatic carbocycles. The Morgan fingerprint density at radius 1 is 0.778 bits per heavy atom. The molecule has 0 heterocycles. The van der Waals surface area contributed by atoms with Gasteiger partial charge in [0, 0.05) is 0 Å². The van der Waals surface area contributed by atoms with E-state index in [4.69, 9.17) is 10.2 Å².